The molecule has 0 spiro atoms. The minimum atomic E-state index is 0.281. The van der Waals surface area contributed by atoms with Gasteiger partial charge in [0.25, 0.3) is 0 Å². The molecule has 6 atom stereocenters. The second kappa shape index (κ2) is 9.05. The highest BCUT2D eigenvalue weighted by molar-refractivity contribution is 5.41. The number of fused-ring (bicyclic) bond motifs is 6. The Morgan fingerprint density at radius 1 is 0.861 bits per heavy atom. The third-order valence-electron chi connectivity index (χ3n) is 11.2. The number of aryl methyl sites for hydroxylation is 3. The molecule has 2 saturated carbocycles. The van der Waals surface area contributed by atoms with Gasteiger partial charge in [-0.2, -0.15) is 0 Å². The fraction of sp³-hybridized carbons (Fsp3) is 0.588. The number of nitrogens with zero attached hydrogens (tertiary/aromatic N) is 1. The Balaban J connectivity index is 1.21. The van der Waals surface area contributed by atoms with Gasteiger partial charge in [0, 0.05) is 24.7 Å². The summed E-state index contributed by atoms with van der Waals surface area (Å²) in [4.78, 5) is 0. The minimum Gasteiger partial charge on any atom is -0.316 e. The van der Waals surface area contributed by atoms with Crippen molar-refractivity contribution in [2.75, 3.05) is 7.05 Å². The topological polar surface area (TPSA) is 15.3 Å². The van der Waals surface area contributed by atoms with Crippen LogP contribution in [0.3, 0.4) is 0 Å². The van der Waals surface area contributed by atoms with Crippen LogP contribution in [-0.4, -0.2) is 18.1 Å². The number of hydrazine groups is 1. The molecule has 0 heterocycles. The molecule has 4 aliphatic carbocycles. The van der Waals surface area contributed by atoms with Crippen molar-refractivity contribution in [3.8, 4) is 0 Å². The van der Waals surface area contributed by atoms with Crippen molar-refractivity contribution in [1.82, 2.24) is 10.4 Å². The summed E-state index contributed by atoms with van der Waals surface area (Å²) in [6.45, 7) is 12.1. The third-order valence-corrected chi connectivity index (χ3v) is 11.2. The smallest absolute Gasteiger partial charge is 0.0299 e. The van der Waals surface area contributed by atoms with E-state index in [0.717, 1.165) is 0 Å². The zero-order valence-electron chi connectivity index (χ0n) is 23.1. The zero-order valence-corrected chi connectivity index (χ0v) is 23.1. The molecule has 0 amide bonds. The standard InChI is InChI=1S/C34H46N2/c1-23-14-15-26-16-18-29-27(11-8-20-34(29,4)31(26)22-23)24(2)36(5)35-32-13-9-21-33(3)28-12-7-6-10-25(28)17-19-30(32)33/h6-7,10,12,14-15,22,27,29-30,32,35H,2,8-9,11,13,16-21H2,1,3-5H3/t27?,29?,30?,32?,33-,34?/m0/s1. The first-order valence-electron chi connectivity index (χ1n) is 14.7. The van der Waals surface area contributed by atoms with Crippen LogP contribution >= 0.6 is 0 Å². The summed E-state index contributed by atoms with van der Waals surface area (Å²) in [5.41, 5.74) is 13.8. The van der Waals surface area contributed by atoms with E-state index in [2.05, 4.69) is 80.7 Å². The van der Waals surface area contributed by atoms with E-state index < -0.39 is 0 Å². The van der Waals surface area contributed by atoms with Gasteiger partial charge in [0.15, 0.2) is 0 Å². The van der Waals surface area contributed by atoms with E-state index in [9.17, 15) is 0 Å². The Bertz CT molecular complexity index is 1150. The van der Waals surface area contributed by atoms with Crippen LogP contribution in [0.25, 0.3) is 0 Å². The first-order valence-corrected chi connectivity index (χ1v) is 14.7. The molecule has 2 aromatic rings. The van der Waals surface area contributed by atoms with E-state index in [4.69, 9.17) is 6.58 Å². The lowest BCUT2D eigenvalue weighted by molar-refractivity contribution is 0.0618. The second-order valence-corrected chi connectivity index (χ2v) is 13.1. The van der Waals surface area contributed by atoms with E-state index in [1.165, 1.54) is 75.5 Å². The largest absolute Gasteiger partial charge is 0.316 e. The number of allylic oxidation sites excluding steroid dienone is 1. The molecule has 192 valence electrons. The summed E-state index contributed by atoms with van der Waals surface area (Å²) in [7, 11) is 2.26. The molecule has 6 rings (SSSR count). The molecule has 36 heavy (non-hydrogen) atoms. The van der Waals surface area contributed by atoms with Gasteiger partial charge in [-0.1, -0.05) is 81.3 Å². The van der Waals surface area contributed by atoms with Crippen molar-refractivity contribution in [3.63, 3.8) is 0 Å². The zero-order chi connectivity index (χ0) is 25.1. The summed E-state index contributed by atoms with van der Waals surface area (Å²) in [5, 5.41) is 2.37. The molecule has 0 aromatic heterocycles. The van der Waals surface area contributed by atoms with Gasteiger partial charge in [-0.3, -0.25) is 0 Å². The quantitative estimate of drug-likeness (QED) is 0.451. The van der Waals surface area contributed by atoms with Crippen molar-refractivity contribution in [2.24, 2.45) is 17.8 Å². The molecule has 2 nitrogen and oxygen atoms in total. The molecule has 2 heteroatoms. The molecule has 0 radical (unpaired) electrons. The Labute approximate surface area is 219 Å². The summed E-state index contributed by atoms with van der Waals surface area (Å²) < 4.78 is 0. The normalized spacial score (nSPS) is 35.1. The summed E-state index contributed by atoms with van der Waals surface area (Å²) in [5.74, 6) is 1.95. The van der Waals surface area contributed by atoms with Gasteiger partial charge in [-0.05, 0) is 103 Å². The maximum absolute atomic E-state index is 4.76. The van der Waals surface area contributed by atoms with Gasteiger partial charge in [-0.15, -0.1) is 0 Å². The van der Waals surface area contributed by atoms with Crippen LogP contribution in [-0.2, 0) is 23.7 Å². The van der Waals surface area contributed by atoms with Crippen LogP contribution in [0.15, 0.2) is 54.7 Å². The number of hydrogen-bond donors (Lipinski definition) is 1. The monoisotopic (exact) mass is 482 g/mol. The molecule has 2 fully saturated rings. The molecule has 2 aromatic carbocycles. The lowest BCUT2D eigenvalue weighted by Gasteiger charge is -2.53. The number of rotatable bonds is 4. The highest BCUT2D eigenvalue weighted by Gasteiger charge is 2.49. The predicted molar refractivity (Wildman–Crippen MR) is 151 cm³/mol. The van der Waals surface area contributed by atoms with Crippen molar-refractivity contribution in [2.45, 2.75) is 102 Å². The summed E-state index contributed by atoms with van der Waals surface area (Å²) in [6.07, 6.45) is 12.8. The van der Waals surface area contributed by atoms with Gasteiger partial charge >= 0.3 is 0 Å². The molecular formula is C34H46N2. The Hall–Kier alpha value is -2.06. The first kappa shape index (κ1) is 24.3. The van der Waals surface area contributed by atoms with Gasteiger partial charge in [0.05, 0.1) is 0 Å². The molecule has 4 aliphatic rings. The molecule has 0 saturated heterocycles. The van der Waals surface area contributed by atoms with E-state index in [0.29, 0.717) is 29.2 Å². The lowest BCUT2D eigenvalue weighted by atomic mass is 9.54. The lowest BCUT2D eigenvalue weighted by Crippen LogP contribution is -2.56. The van der Waals surface area contributed by atoms with Crippen LogP contribution < -0.4 is 5.43 Å². The molecule has 0 aliphatic heterocycles. The van der Waals surface area contributed by atoms with Crippen LogP contribution in [0, 0.1) is 24.7 Å². The van der Waals surface area contributed by atoms with Gasteiger partial charge < -0.3 is 5.01 Å². The number of benzene rings is 2. The molecular weight excluding hydrogens is 436 g/mol. The predicted octanol–water partition coefficient (Wildman–Crippen LogP) is 7.64. The first-order chi connectivity index (χ1) is 17.3. The van der Waals surface area contributed by atoms with E-state index in [-0.39, 0.29) is 5.41 Å². The summed E-state index contributed by atoms with van der Waals surface area (Å²) >= 11 is 0. The Kier molecular flexibility index (Phi) is 6.10. The van der Waals surface area contributed by atoms with Crippen LogP contribution in [0.4, 0.5) is 0 Å². The van der Waals surface area contributed by atoms with Crippen LogP contribution in [0.5, 0.6) is 0 Å². The van der Waals surface area contributed by atoms with Crippen molar-refractivity contribution >= 4 is 0 Å². The van der Waals surface area contributed by atoms with Gasteiger partial charge in [0.1, 0.15) is 0 Å². The van der Waals surface area contributed by atoms with E-state index >= 15 is 0 Å². The number of hydrogen-bond acceptors (Lipinski definition) is 2. The van der Waals surface area contributed by atoms with Crippen LogP contribution in [0.1, 0.15) is 93.0 Å². The molecule has 1 N–H and O–H groups in total. The summed E-state index contributed by atoms with van der Waals surface area (Å²) in [6, 6.07) is 17.0. The SMILES string of the molecule is C=C(C1CCCC2(C)c3cc(C)ccc3CCC12)N(C)NC1CCC[C@@]2(C)c3ccccc3CCC12. The third kappa shape index (κ3) is 3.78. The highest BCUT2D eigenvalue weighted by Crippen LogP contribution is 2.54. The van der Waals surface area contributed by atoms with Gasteiger partial charge in [-0.25, -0.2) is 5.43 Å². The highest BCUT2D eigenvalue weighted by atomic mass is 15.5. The molecule has 0 bridgehead atoms. The van der Waals surface area contributed by atoms with Crippen LogP contribution in [0.2, 0.25) is 0 Å². The Morgan fingerprint density at radius 3 is 2.33 bits per heavy atom. The average Bonchev–Trinajstić information content (AvgIpc) is 2.87. The Morgan fingerprint density at radius 2 is 1.53 bits per heavy atom. The van der Waals surface area contributed by atoms with E-state index in [1.807, 2.05) is 0 Å². The molecule has 5 unspecified atom stereocenters. The average molecular weight is 483 g/mol. The van der Waals surface area contributed by atoms with Crippen molar-refractivity contribution < 1.29 is 0 Å². The fourth-order valence-electron chi connectivity index (χ4n) is 9.24. The maximum Gasteiger partial charge on any atom is 0.0299 e. The number of nitrogens with one attached hydrogen (secondary N) is 1. The van der Waals surface area contributed by atoms with Gasteiger partial charge in [0.2, 0.25) is 0 Å². The fourth-order valence-corrected chi connectivity index (χ4v) is 9.24. The second-order valence-electron chi connectivity index (χ2n) is 13.1. The van der Waals surface area contributed by atoms with E-state index in [1.54, 1.807) is 22.3 Å². The van der Waals surface area contributed by atoms with Crippen molar-refractivity contribution in [3.05, 3.63) is 82.6 Å². The minimum absolute atomic E-state index is 0.281. The maximum atomic E-state index is 4.76. The van der Waals surface area contributed by atoms with Crippen molar-refractivity contribution in [1.29, 1.82) is 0 Å².